The number of ether oxygens (including phenoxy) is 2. The zero-order valence-electron chi connectivity index (χ0n) is 25.5. The van der Waals surface area contributed by atoms with E-state index < -0.39 is 28.5 Å². The second-order valence-corrected chi connectivity index (χ2v) is 23.4. The molecular weight excluding hydrogens is 486 g/mol. The van der Waals surface area contributed by atoms with Crippen molar-refractivity contribution >= 4 is 22.6 Å². The van der Waals surface area contributed by atoms with Crippen molar-refractivity contribution in [1.82, 2.24) is 5.32 Å². The second-order valence-electron chi connectivity index (χ2n) is 13.8. The summed E-state index contributed by atoms with van der Waals surface area (Å²) in [6, 6.07) is 6.15. The maximum Gasteiger partial charge on any atom is 0.311 e. The van der Waals surface area contributed by atoms with Gasteiger partial charge in [-0.1, -0.05) is 47.6 Å². The Morgan fingerprint density at radius 2 is 1.22 bits per heavy atom. The normalized spacial score (nSPS) is 14.5. The zero-order valence-corrected chi connectivity index (χ0v) is 27.5. The van der Waals surface area contributed by atoms with Crippen LogP contribution in [-0.2, 0) is 31.6 Å². The molecule has 1 rings (SSSR count). The van der Waals surface area contributed by atoms with Gasteiger partial charge in [0.1, 0.15) is 11.4 Å². The largest absolute Gasteiger partial charge is 0.475 e. The van der Waals surface area contributed by atoms with E-state index in [1.54, 1.807) is 7.05 Å². The van der Waals surface area contributed by atoms with Crippen molar-refractivity contribution < 1.29 is 23.1 Å². The summed E-state index contributed by atoms with van der Waals surface area (Å²) in [5.41, 5.74) is 1.54. The van der Waals surface area contributed by atoms with Crippen LogP contribution < -0.4 is 10.1 Å². The third kappa shape index (κ3) is 10.7. The first-order chi connectivity index (χ1) is 16.1. The van der Waals surface area contributed by atoms with Gasteiger partial charge >= 0.3 is 5.97 Å². The number of hydrogen-bond donors (Lipinski definition) is 1. The van der Waals surface area contributed by atoms with Crippen LogP contribution in [0.1, 0.15) is 79.9 Å². The molecule has 0 aliphatic rings. The molecule has 6 nitrogen and oxygen atoms in total. The van der Waals surface area contributed by atoms with E-state index in [4.69, 9.17) is 18.3 Å². The molecule has 0 saturated heterocycles. The average Bonchev–Trinajstić information content (AvgIpc) is 2.67. The van der Waals surface area contributed by atoms with Crippen molar-refractivity contribution in [2.45, 2.75) is 130 Å². The van der Waals surface area contributed by atoms with E-state index in [2.05, 4.69) is 79.1 Å². The fourth-order valence-corrected chi connectivity index (χ4v) is 4.75. The van der Waals surface area contributed by atoms with Crippen LogP contribution >= 0.6 is 0 Å². The molecule has 1 aromatic rings. The Morgan fingerprint density at radius 3 is 1.56 bits per heavy atom. The first-order valence-electron chi connectivity index (χ1n) is 13.0. The molecule has 0 bridgehead atoms. The Kier molecular flexibility index (Phi) is 11.0. The van der Waals surface area contributed by atoms with Gasteiger partial charge in [-0.3, -0.25) is 10.1 Å². The fraction of sp³-hybridized carbons (Fsp3) is 0.750. The first-order valence-corrected chi connectivity index (χ1v) is 18.8. The third-order valence-corrected chi connectivity index (χ3v) is 16.2. The minimum absolute atomic E-state index is 0.105. The molecule has 1 aromatic carbocycles. The lowest BCUT2D eigenvalue weighted by molar-refractivity contribution is -0.157. The summed E-state index contributed by atoms with van der Waals surface area (Å²) in [7, 11) is -2.06. The van der Waals surface area contributed by atoms with Crippen LogP contribution in [0.4, 0.5) is 0 Å². The van der Waals surface area contributed by atoms with E-state index >= 15 is 0 Å². The number of nitrogens with one attached hydrogen (secondary N) is 1. The van der Waals surface area contributed by atoms with Crippen molar-refractivity contribution in [3.05, 3.63) is 29.3 Å². The molecule has 0 amide bonds. The molecule has 1 atom stereocenters. The minimum Gasteiger partial charge on any atom is -0.475 e. The lowest BCUT2D eigenvalue weighted by atomic mass is 10.1. The highest BCUT2D eigenvalue weighted by molar-refractivity contribution is 6.74. The lowest BCUT2D eigenvalue weighted by Crippen LogP contribution is -2.40. The molecular formula is C28H53NO5Si2. The molecule has 8 heteroatoms. The van der Waals surface area contributed by atoms with Crippen molar-refractivity contribution in [2.75, 3.05) is 7.05 Å². The Hall–Kier alpha value is -1.20. The molecule has 1 N–H and O–H groups in total. The first kappa shape index (κ1) is 32.8. The van der Waals surface area contributed by atoms with Crippen molar-refractivity contribution in [3.8, 4) is 5.75 Å². The standard InChI is InChI=1S/C28H53NO5Si2/c1-26(2,3)34-25(30)18-24(29-10)33-23-16-21(19-31-35(11,12)27(4,5)6)15-22(17-23)20-32-36(13,14)28(7,8)9/h15-17,24,29H,18-20H2,1-14H3. The Bertz CT molecular complexity index is 816. The number of esters is 1. The number of benzene rings is 1. The average molecular weight is 540 g/mol. The quantitative estimate of drug-likeness (QED) is 0.180. The predicted octanol–water partition coefficient (Wildman–Crippen LogP) is 7.39. The molecule has 0 radical (unpaired) electrons. The SMILES string of the molecule is CNC(CC(=O)OC(C)(C)C)Oc1cc(CO[Si](C)(C)C(C)(C)C)cc(CO[Si](C)(C)C(C)(C)C)c1. The highest BCUT2D eigenvalue weighted by Gasteiger charge is 2.38. The van der Waals surface area contributed by atoms with E-state index in [0.717, 1.165) is 11.1 Å². The van der Waals surface area contributed by atoms with Gasteiger partial charge in [-0.15, -0.1) is 0 Å². The highest BCUT2D eigenvalue weighted by Crippen LogP contribution is 2.38. The van der Waals surface area contributed by atoms with Crippen molar-refractivity contribution in [3.63, 3.8) is 0 Å². The molecule has 0 aliphatic heterocycles. The van der Waals surface area contributed by atoms with E-state index in [9.17, 15) is 4.79 Å². The number of rotatable bonds is 11. The van der Waals surface area contributed by atoms with Crippen LogP contribution in [0.5, 0.6) is 5.75 Å². The molecule has 0 saturated carbocycles. The summed E-state index contributed by atoms with van der Waals surface area (Å²) in [4.78, 5) is 12.4. The Morgan fingerprint density at radius 1 is 0.806 bits per heavy atom. The van der Waals surface area contributed by atoms with Gasteiger partial charge in [0.2, 0.25) is 0 Å². The van der Waals surface area contributed by atoms with Crippen LogP contribution in [0.2, 0.25) is 36.3 Å². The lowest BCUT2D eigenvalue weighted by Gasteiger charge is -2.36. The maximum atomic E-state index is 12.4. The Labute approximate surface area is 223 Å². The monoisotopic (exact) mass is 539 g/mol. The molecule has 208 valence electrons. The predicted molar refractivity (Wildman–Crippen MR) is 154 cm³/mol. The van der Waals surface area contributed by atoms with Crippen LogP contribution in [-0.4, -0.2) is 41.5 Å². The highest BCUT2D eigenvalue weighted by atomic mass is 28.4. The van der Waals surface area contributed by atoms with E-state index in [-0.39, 0.29) is 22.5 Å². The van der Waals surface area contributed by atoms with Gasteiger partial charge in [-0.05, 0) is 87.3 Å². The van der Waals surface area contributed by atoms with Crippen molar-refractivity contribution in [1.29, 1.82) is 0 Å². The van der Waals surface area contributed by atoms with Gasteiger partial charge in [0.25, 0.3) is 0 Å². The molecule has 0 aliphatic carbocycles. The van der Waals surface area contributed by atoms with E-state index in [0.29, 0.717) is 19.0 Å². The number of carbonyl (C=O) groups is 1. The second kappa shape index (κ2) is 12.1. The third-order valence-electron chi connectivity index (χ3n) is 7.21. The van der Waals surface area contributed by atoms with Crippen LogP contribution in [0.25, 0.3) is 0 Å². The smallest absolute Gasteiger partial charge is 0.311 e. The summed E-state index contributed by atoms with van der Waals surface area (Å²) in [6.45, 7) is 29.1. The van der Waals surface area contributed by atoms with E-state index in [1.807, 2.05) is 32.9 Å². The molecule has 0 spiro atoms. The Balaban J connectivity index is 3.18. The molecule has 0 fully saturated rings. The van der Waals surface area contributed by atoms with Gasteiger partial charge in [0.15, 0.2) is 22.9 Å². The van der Waals surface area contributed by atoms with Gasteiger partial charge < -0.3 is 18.3 Å². The summed E-state index contributed by atoms with van der Waals surface area (Å²) in [6.07, 6.45) is -0.403. The van der Waals surface area contributed by atoms with Gasteiger partial charge in [0, 0.05) is 0 Å². The minimum atomic E-state index is -1.92. The number of carbonyl (C=O) groups excluding carboxylic acids is 1. The summed E-state index contributed by atoms with van der Waals surface area (Å²) < 4.78 is 24.7. The molecule has 0 aromatic heterocycles. The van der Waals surface area contributed by atoms with Gasteiger partial charge in [-0.25, -0.2) is 0 Å². The molecule has 0 heterocycles. The van der Waals surface area contributed by atoms with E-state index in [1.165, 1.54) is 0 Å². The van der Waals surface area contributed by atoms with Crippen molar-refractivity contribution in [2.24, 2.45) is 0 Å². The zero-order chi connectivity index (χ0) is 28.2. The van der Waals surface area contributed by atoms with Crippen LogP contribution in [0.3, 0.4) is 0 Å². The number of hydrogen-bond acceptors (Lipinski definition) is 6. The summed E-state index contributed by atoms with van der Waals surface area (Å²) in [5, 5.41) is 3.34. The topological polar surface area (TPSA) is 66.0 Å². The van der Waals surface area contributed by atoms with Gasteiger partial charge in [0.05, 0.1) is 19.6 Å². The molecule has 1 unspecified atom stereocenters. The fourth-order valence-electron chi connectivity index (χ4n) is 2.83. The van der Waals surface area contributed by atoms with Gasteiger partial charge in [-0.2, -0.15) is 0 Å². The van der Waals surface area contributed by atoms with Crippen LogP contribution in [0, 0.1) is 0 Å². The summed E-state index contributed by atoms with van der Waals surface area (Å²) in [5.74, 6) is 0.379. The molecule has 36 heavy (non-hydrogen) atoms. The van der Waals surface area contributed by atoms with Crippen LogP contribution in [0.15, 0.2) is 18.2 Å². The maximum absolute atomic E-state index is 12.4. The summed E-state index contributed by atoms with van der Waals surface area (Å²) >= 11 is 0.